The van der Waals surface area contributed by atoms with Crippen molar-refractivity contribution >= 4 is 34.3 Å². The minimum absolute atomic E-state index is 0.102. The number of rotatable bonds is 3. The van der Waals surface area contributed by atoms with Gasteiger partial charge in [-0.05, 0) is 51.8 Å². The molecule has 0 radical (unpaired) electrons. The number of benzene rings is 1. The van der Waals surface area contributed by atoms with Crippen molar-refractivity contribution < 1.29 is 14.3 Å². The molecule has 1 aliphatic heterocycles. The minimum atomic E-state index is -0.496. The summed E-state index contributed by atoms with van der Waals surface area (Å²) in [6.45, 7) is 6.92. The van der Waals surface area contributed by atoms with Gasteiger partial charge in [0.25, 0.3) is 0 Å². The Kier molecular flexibility index (Phi) is 5.65. The van der Waals surface area contributed by atoms with Gasteiger partial charge >= 0.3 is 6.09 Å². The van der Waals surface area contributed by atoms with Gasteiger partial charge in [0, 0.05) is 36.1 Å². The molecule has 27 heavy (non-hydrogen) atoms. The van der Waals surface area contributed by atoms with Gasteiger partial charge in [-0.2, -0.15) is 0 Å². The number of anilines is 1. The summed E-state index contributed by atoms with van der Waals surface area (Å²) in [5.41, 5.74) is -0.496. The Balaban J connectivity index is 1.77. The van der Waals surface area contributed by atoms with Crippen LogP contribution < -0.4 is 10.1 Å². The van der Waals surface area contributed by atoms with Crippen molar-refractivity contribution in [3.63, 3.8) is 0 Å². The van der Waals surface area contributed by atoms with Crippen LogP contribution >= 0.6 is 11.6 Å². The highest BCUT2D eigenvalue weighted by Crippen LogP contribution is 2.35. The van der Waals surface area contributed by atoms with Crippen molar-refractivity contribution in [3.8, 4) is 5.75 Å². The molecule has 6 nitrogen and oxygen atoms in total. The fourth-order valence-electron chi connectivity index (χ4n) is 3.25. The molecule has 1 atom stereocenters. The molecule has 1 N–H and O–H groups in total. The lowest BCUT2D eigenvalue weighted by Crippen LogP contribution is -2.47. The summed E-state index contributed by atoms with van der Waals surface area (Å²) >= 11 is 6.43. The molecule has 0 aliphatic carbocycles. The number of likely N-dealkylation sites (tertiary alicyclic amines) is 1. The molecule has 1 aromatic carbocycles. The van der Waals surface area contributed by atoms with Gasteiger partial charge in [-0.25, -0.2) is 9.78 Å². The third-order valence-electron chi connectivity index (χ3n) is 4.48. The lowest BCUT2D eigenvalue weighted by molar-refractivity contribution is 0.0206. The number of hydrogen-bond acceptors (Lipinski definition) is 5. The van der Waals surface area contributed by atoms with Crippen molar-refractivity contribution in [2.45, 2.75) is 45.3 Å². The van der Waals surface area contributed by atoms with E-state index in [2.05, 4.69) is 10.3 Å². The molecule has 0 unspecified atom stereocenters. The molecule has 0 spiro atoms. The first-order chi connectivity index (χ1) is 12.8. The summed E-state index contributed by atoms with van der Waals surface area (Å²) in [4.78, 5) is 18.6. The van der Waals surface area contributed by atoms with E-state index in [1.807, 2.05) is 39.0 Å². The number of halogens is 1. The number of piperidine rings is 1. The molecule has 1 saturated heterocycles. The second kappa shape index (κ2) is 7.80. The normalized spacial score (nSPS) is 17.7. The Bertz CT molecular complexity index is 835. The minimum Gasteiger partial charge on any atom is -0.495 e. The summed E-state index contributed by atoms with van der Waals surface area (Å²) in [7, 11) is 1.60. The van der Waals surface area contributed by atoms with Crippen LogP contribution in [0, 0.1) is 0 Å². The van der Waals surface area contributed by atoms with Crippen LogP contribution in [0.3, 0.4) is 0 Å². The average molecular weight is 392 g/mol. The molecule has 1 fully saturated rings. The first-order valence-electron chi connectivity index (χ1n) is 9.14. The Morgan fingerprint density at radius 1 is 1.30 bits per heavy atom. The average Bonchev–Trinajstić information content (AvgIpc) is 2.61. The number of nitrogens with zero attached hydrogens (tertiary/aromatic N) is 2. The largest absolute Gasteiger partial charge is 0.495 e. The quantitative estimate of drug-likeness (QED) is 0.820. The van der Waals surface area contributed by atoms with E-state index in [1.54, 1.807) is 18.2 Å². The highest BCUT2D eigenvalue weighted by atomic mass is 35.5. The topological polar surface area (TPSA) is 63.7 Å². The van der Waals surface area contributed by atoms with E-state index in [0.29, 0.717) is 23.9 Å². The van der Waals surface area contributed by atoms with Crippen LogP contribution in [0.4, 0.5) is 10.6 Å². The molecular weight excluding hydrogens is 366 g/mol. The molecule has 2 aromatic rings. The zero-order chi connectivity index (χ0) is 19.6. The Morgan fingerprint density at radius 2 is 2.07 bits per heavy atom. The van der Waals surface area contributed by atoms with Crippen LogP contribution in [0.2, 0.25) is 5.02 Å². The van der Waals surface area contributed by atoms with Crippen LogP contribution in [-0.4, -0.2) is 47.8 Å². The van der Waals surface area contributed by atoms with Gasteiger partial charge in [-0.1, -0.05) is 11.6 Å². The lowest BCUT2D eigenvalue weighted by Gasteiger charge is -2.34. The number of nitrogens with one attached hydrogen (secondary N) is 1. The van der Waals surface area contributed by atoms with Crippen LogP contribution in [0.25, 0.3) is 10.8 Å². The van der Waals surface area contributed by atoms with Crippen molar-refractivity contribution in [3.05, 3.63) is 29.4 Å². The molecule has 7 heteroatoms. The van der Waals surface area contributed by atoms with E-state index >= 15 is 0 Å². The highest BCUT2D eigenvalue weighted by molar-refractivity contribution is 6.37. The summed E-state index contributed by atoms with van der Waals surface area (Å²) in [5.74, 6) is 1.39. The van der Waals surface area contributed by atoms with Crippen molar-refractivity contribution in [2.24, 2.45) is 0 Å². The molecule has 0 saturated carbocycles. The van der Waals surface area contributed by atoms with Gasteiger partial charge in [0.1, 0.15) is 17.2 Å². The number of pyridine rings is 1. The molecule has 1 aromatic heterocycles. The van der Waals surface area contributed by atoms with Gasteiger partial charge in [-0.3, -0.25) is 0 Å². The highest BCUT2D eigenvalue weighted by Gasteiger charge is 2.28. The van der Waals surface area contributed by atoms with Gasteiger partial charge in [0.2, 0.25) is 0 Å². The van der Waals surface area contributed by atoms with Crippen LogP contribution in [-0.2, 0) is 4.74 Å². The smallest absolute Gasteiger partial charge is 0.410 e. The van der Waals surface area contributed by atoms with Crippen LogP contribution in [0.15, 0.2) is 24.4 Å². The fraction of sp³-hybridized carbons (Fsp3) is 0.500. The summed E-state index contributed by atoms with van der Waals surface area (Å²) in [6.07, 6.45) is 3.33. The van der Waals surface area contributed by atoms with E-state index in [4.69, 9.17) is 21.1 Å². The maximum absolute atomic E-state index is 12.4. The predicted molar refractivity (Wildman–Crippen MR) is 108 cm³/mol. The molecule has 2 heterocycles. The molecule has 146 valence electrons. The Hall–Kier alpha value is -2.21. The second-order valence-corrected chi connectivity index (χ2v) is 8.12. The first-order valence-corrected chi connectivity index (χ1v) is 9.52. The molecule has 0 bridgehead atoms. The summed E-state index contributed by atoms with van der Waals surface area (Å²) < 4.78 is 10.8. The zero-order valence-electron chi connectivity index (χ0n) is 16.2. The number of amides is 1. The SMILES string of the molecule is COc1ccc2c(N[C@@H]3CCCN(C(=O)OC(C)(C)C)C3)nccc2c1Cl. The van der Waals surface area contributed by atoms with Gasteiger partial charge in [0.05, 0.1) is 12.1 Å². The number of carbonyl (C=O) groups excluding carboxylic acids is 1. The lowest BCUT2D eigenvalue weighted by atomic mass is 10.1. The summed E-state index contributed by atoms with van der Waals surface area (Å²) in [6, 6.07) is 5.76. The van der Waals surface area contributed by atoms with Crippen LogP contribution in [0.1, 0.15) is 33.6 Å². The second-order valence-electron chi connectivity index (χ2n) is 7.75. The number of fused-ring (bicyclic) bond motifs is 1. The summed E-state index contributed by atoms with van der Waals surface area (Å²) in [5, 5.41) is 5.86. The van der Waals surface area contributed by atoms with Crippen molar-refractivity contribution in [1.29, 1.82) is 0 Å². The maximum Gasteiger partial charge on any atom is 0.410 e. The number of carbonyl (C=O) groups is 1. The zero-order valence-corrected chi connectivity index (χ0v) is 17.0. The van der Waals surface area contributed by atoms with E-state index in [0.717, 1.165) is 29.4 Å². The number of ether oxygens (including phenoxy) is 2. The van der Waals surface area contributed by atoms with E-state index in [1.165, 1.54) is 0 Å². The third kappa shape index (κ3) is 4.56. The van der Waals surface area contributed by atoms with Crippen molar-refractivity contribution in [2.75, 3.05) is 25.5 Å². The van der Waals surface area contributed by atoms with Gasteiger partial charge in [0.15, 0.2) is 0 Å². The molecule has 3 rings (SSSR count). The predicted octanol–water partition coefficient (Wildman–Crippen LogP) is 4.71. The first kappa shape index (κ1) is 19.5. The third-order valence-corrected chi connectivity index (χ3v) is 4.87. The van der Waals surface area contributed by atoms with Crippen LogP contribution in [0.5, 0.6) is 5.75 Å². The number of hydrogen-bond donors (Lipinski definition) is 1. The van der Waals surface area contributed by atoms with Gasteiger partial charge in [-0.15, -0.1) is 0 Å². The monoisotopic (exact) mass is 391 g/mol. The van der Waals surface area contributed by atoms with E-state index in [9.17, 15) is 4.79 Å². The number of methoxy groups -OCH3 is 1. The van der Waals surface area contributed by atoms with E-state index in [-0.39, 0.29) is 12.1 Å². The van der Waals surface area contributed by atoms with E-state index < -0.39 is 5.60 Å². The fourth-order valence-corrected chi connectivity index (χ4v) is 3.56. The molecular formula is C20H26ClN3O3. The Morgan fingerprint density at radius 3 is 2.78 bits per heavy atom. The standard InChI is InChI=1S/C20H26ClN3O3/c1-20(2,3)27-19(25)24-11-5-6-13(12-24)23-18-15-7-8-16(26-4)17(21)14(15)9-10-22-18/h7-10,13H,5-6,11-12H2,1-4H3,(H,22,23)/t13-/m1/s1. The number of aromatic nitrogens is 1. The van der Waals surface area contributed by atoms with Gasteiger partial charge < -0.3 is 19.7 Å². The molecule has 1 amide bonds. The Labute approximate surface area is 164 Å². The maximum atomic E-state index is 12.4. The molecule has 1 aliphatic rings. The van der Waals surface area contributed by atoms with Crippen molar-refractivity contribution in [1.82, 2.24) is 9.88 Å².